The number of para-hydroxylation sites is 2. The molecule has 0 aromatic heterocycles. The smallest absolute Gasteiger partial charge is 0.193 e. The summed E-state index contributed by atoms with van der Waals surface area (Å²) in [5.41, 5.74) is 7.51. The van der Waals surface area contributed by atoms with Crippen molar-refractivity contribution in [3.05, 3.63) is 78.4 Å². The SMILES string of the molecule is COc1cccc(CCN=C(N)Nc2cccc(Oc3ccccc3)c2)c1O. The lowest BCUT2D eigenvalue weighted by Crippen LogP contribution is -2.23. The van der Waals surface area contributed by atoms with Crippen LogP contribution in [-0.4, -0.2) is 24.7 Å². The second kappa shape index (κ2) is 9.32. The van der Waals surface area contributed by atoms with Gasteiger partial charge in [0.05, 0.1) is 7.11 Å². The quantitative estimate of drug-likeness (QED) is 0.425. The fourth-order valence-corrected chi connectivity index (χ4v) is 2.68. The van der Waals surface area contributed by atoms with Crippen molar-refractivity contribution in [2.75, 3.05) is 19.0 Å². The monoisotopic (exact) mass is 377 g/mol. The zero-order valence-corrected chi connectivity index (χ0v) is 15.6. The molecule has 0 unspecified atom stereocenters. The standard InChI is InChI=1S/C22H23N3O3/c1-27-20-12-5-7-16(21(20)26)13-14-24-22(23)25-17-8-6-11-19(15-17)28-18-9-3-2-4-10-18/h2-12,15,26H,13-14H2,1H3,(H3,23,24,25). The molecular weight excluding hydrogens is 354 g/mol. The van der Waals surface area contributed by atoms with Crippen LogP contribution in [0.15, 0.2) is 77.8 Å². The molecule has 3 rings (SSSR count). The number of methoxy groups -OCH3 is 1. The Morgan fingerprint density at radius 1 is 1.00 bits per heavy atom. The number of hydrogen-bond acceptors (Lipinski definition) is 4. The normalized spacial score (nSPS) is 11.1. The van der Waals surface area contributed by atoms with Gasteiger partial charge in [0.25, 0.3) is 0 Å². The van der Waals surface area contributed by atoms with Crippen LogP contribution in [0.3, 0.4) is 0 Å². The van der Waals surface area contributed by atoms with Crippen LogP contribution in [0.4, 0.5) is 5.69 Å². The molecule has 6 nitrogen and oxygen atoms in total. The Balaban J connectivity index is 1.58. The molecule has 3 aromatic carbocycles. The number of aliphatic imine (C=N–C) groups is 1. The molecule has 0 aliphatic carbocycles. The summed E-state index contributed by atoms with van der Waals surface area (Å²) in [7, 11) is 1.52. The van der Waals surface area contributed by atoms with Gasteiger partial charge in [-0.2, -0.15) is 0 Å². The van der Waals surface area contributed by atoms with Gasteiger partial charge in [-0.1, -0.05) is 36.4 Å². The van der Waals surface area contributed by atoms with E-state index in [9.17, 15) is 5.11 Å². The Labute approximate surface area is 164 Å². The number of aromatic hydroxyl groups is 1. The fourth-order valence-electron chi connectivity index (χ4n) is 2.68. The van der Waals surface area contributed by atoms with Crippen molar-refractivity contribution in [3.63, 3.8) is 0 Å². The van der Waals surface area contributed by atoms with Crippen molar-refractivity contribution >= 4 is 11.6 Å². The van der Waals surface area contributed by atoms with Crippen molar-refractivity contribution in [2.45, 2.75) is 6.42 Å². The third-order valence-electron chi connectivity index (χ3n) is 4.05. The molecule has 0 saturated heterocycles. The summed E-state index contributed by atoms with van der Waals surface area (Å²) >= 11 is 0. The van der Waals surface area contributed by atoms with Crippen LogP contribution >= 0.6 is 0 Å². The minimum atomic E-state index is 0.137. The molecular formula is C22H23N3O3. The highest BCUT2D eigenvalue weighted by Crippen LogP contribution is 2.29. The van der Waals surface area contributed by atoms with E-state index < -0.39 is 0 Å². The van der Waals surface area contributed by atoms with Crippen molar-refractivity contribution in [1.82, 2.24) is 0 Å². The van der Waals surface area contributed by atoms with E-state index in [4.69, 9.17) is 15.2 Å². The van der Waals surface area contributed by atoms with E-state index in [0.717, 1.165) is 17.0 Å². The van der Waals surface area contributed by atoms with Crippen LogP contribution in [0.1, 0.15) is 5.56 Å². The maximum Gasteiger partial charge on any atom is 0.193 e. The zero-order valence-electron chi connectivity index (χ0n) is 15.6. The summed E-state index contributed by atoms with van der Waals surface area (Å²) in [5, 5.41) is 13.2. The van der Waals surface area contributed by atoms with Gasteiger partial charge in [0.1, 0.15) is 11.5 Å². The maximum atomic E-state index is 10.1. The van der Waals surface area contributed by atoms with Crippen molar-refractivity contribution < 1.29 is 14.6 Å². The third kappa shape index (κ3) is 5.17. The van der Waals surface area contributed by atoms with E-state index >= 15 is 0 Å². The summed E-state index contributed by atoms with van der Waals surface area (Å²) in [6.07, 6.45) is 0.544. The summed E-state index contributed by atoms with van der Waals surface area (Å²) in [6.45, 7) is 0.430. The molecule has 3 aromatic rings. The van der Waals surface area contributed by atoms with Gasteiger partial charge >= 0.3 is 0 Å². The molecule has 28 heavy (non-hydrogen) atoms. The van der Waals surface area contributed by atoms with Crippen molar-refractivity contribution in [3.8, 4) is 23.0 Å². The highest BCUT2D eigenvalue weighted by molar-refractivity contribution is 5.92. The van der Waals surface area contributed by atoms with Crippen LogP contribution in [0.5, 0.6) is 23.0 Å². The number of rotatable bonds is 7. The molecule has 0 bridgehead atoms. The summed E-state index contributed by atoms with van der Waals surface area (Å²) in [4.78, 5) is 4.32. The molecule has 0 fully saturated rings. The van der Waals surface area contributed by atoms with Gasteiger partial charge in [-0.15, -0.1) is 0 Å². The van der Waals surface area contributed by atoms with Crippen LogP contribution in [0.2, 0.25) is 0 Å². The average Bonchev–Trinajstić information content (AvgIpc) is 2.70. The summed E-state index contributed by atoms with van der Waals surface area (Å²) < 4.78 is 10.9. The highest BCUT2D eigenvalue weighted by atomic mass is 16.5. The van der Waals surface area contributed by atoms with E-state index in [1.807, 2.05) is 66.7 Å². The Kier molecular flexibility index (Phi) is 6.36. The first-order chi connectivity index (χ1) is 13.7. The number of phenols is 1. The second-order valence-electron chi connectivity index (χ2n) is 6.05. The first kappa shape index (κ1) is 19.1. The molecule has 0 atom stereocenters. The molecule has 0 saturated carbocycles. The van der Waals surface area contributed by atoms with Crippen LogP contribution in [-0.2, 0) is 6.42 Å². The molecule has 6 heteroatoms. The molecule has 0 aliphatic heterocycles. The van der Waals surface area contributed by atoms with Gasteiger partial charge in [0.15, 0.2) is 17.5 Å². The minimum absolute atomic E-state index is 0.137. The second-order valence-corrected chi connectivity index (χ2v) is 6.05. The molecule has 144 valence electrons. The number of ether oxygens (including phenoxy) is 2. The lowest BCUT2D eigenvalue weighted by Gasteiger charge is -2.10. The van der Waals surface area contributed by atoms with Crippen LogP contribution < -0.4 is 20.5 Å². The maximum absolute atomic E-state index is 10.1. The van der Waals surface area contributed by atoms with E-state index in [2.05, 4.69) is 10.3 Å². The zero-order chi connectivity index (χ0) is 19.8. The molecule has 0 spiro atoms. The third-order valence-corrected chi connectivity index (χ3v) is 4.05. The number of phenolic OH excluding ortho intramolecular Hbond substituents is 1. The molecule has 0 amide bonds. The number of nitrogens with two attached hydrogens (primary N) is 1. The van der Waals surface area contributed by atoms with Crippen LogP contribution in [0.25, 0.3) is 0 Å². The average molecular weight is 377 g/mol. The topological polar surface area (TPSA) is 89.1 Å². The van der Waals surface area contributed by atoms with Gasteiger partial charge in [-0.05, 0) is 42.3 Å². The van der Waals surface area contributed by atoms with Gasteiger partial charge in [0.2, 0.25) is 0 Å². The first-order valence-electron chi connectivity index (χ1n) is 8.90. The number of hydrogen-bond donors (Lipinski definition) is 3. The summed E-state index contributed by atoms with van der Waals surface area (Å²) in [6, 6.07) is 22.4. The number of nitrogens with one attached hydrogen (secondary N) is 1. The van der Waals surface area contributed by atoms with Crippen molar-refractivity contribution in [1.29, 1.82) is 0 Å². The fraction of sp³-hybridized carbons (Fsp3) is 0.136. The van der Waals surface area contributed by atoms with E-state index in [1.54, 1.807) is 6.07 Å². The van der Waals surface area contributed by atoms with E-state index in [-0.39, 0.29) is 5.75 Å². The molecule has 0 aliphatic rings. The Morgan fingerprint density at radius 2 is 1.75 bits per heavy atom. The van der Waals surface area contributed by atoms with Gasteiger partial charge in [-0.25, -0.2) is 0 Å². The number of nitrogens with zero attached hydrogens (tertiary/aromatic N) is 1. The Bertz CT molecular complexity index is 943. The lowest BCUT2D eigenvalue weighted by atomic mass is 10.1. The number of anilines is 1. The number of benzene rings is 3. The minimum Gasteiger partial charge on any atom is -0.504 e. The Hall–Kier alpha value is -3.67. The van der Waals surface area contributed by atoms with Crippen molar-refractivity contribution in [2.24, 2.45) is 10.7 Å². The first-order valence-corrected chi connectivity index (χ1v) is 8.90. The largest absolute Gasteiger partial charge is 0.504 e. The van der Waals surface area contributed by atoms with E-state index in [0.29, 0.717) is 30.4 Å². The van der Waals surface area contributed by atoms with Gasteiger partial charge in [0, 0.05) is 18.3 Å². The number of guanidine groups is 1. The summed E-state index contributed by atoms with van der Waals surface area (Å²) in [5.74, 6) is 2.34. The Morgan fingerprint density at radius 3 is 2.54 bits per heavy atom. The van der Waals surface area contributed by atoms with Crippen LogP contribution in [0, 0.1) is 0 Å². The van der Waals surface area contributed by atoms with E-state index in [1.165, 1.54) is 7.11 Å². The predicted octanol–water partition coefficient (Wildman–Crippen LogP) is 4.16. The lowest BCUT2D eigenvalue weighted by molar-refractivity contribution is 0.370. The molecule has 0 heterocycles. The van der Waals surface area contributed by atoms with Gasteiger partial charge in [-0.3, -0.25) is 4.99 Å². The predicted molar refractivity (Wildman–Crippen MR) is 111 cm³/mol. The molecule has 0 radical (unpaired) electrons. The highest BCUT2D eigenvalue weighted by Gasteiger charge is 2.06. The van der Waals surface area contributed by atoms with Gasteiger partial charge < -0.3 is 25.6 Å². The molecule has 4 N–H and O–H groups in total.